The third kappa shape index (κ3) is 3.92. The maximum absolute atomic E-state index is 5.36. The first kappa shape index (κ1) is 15.2. The highest BCUT2D eigenvalue weighted by atomic mass is 79.9. The fourth-order valence-corrected chi connectivity index (χ4v) is 3.63. The van der Waals surface area contributed by atoms with E-state index in [1.807, 2.05) is 0 Å². The molecule has 1 aromatic carbocycles. The second-order valence-electron chi connectivity index (χ2n) is 6.54. The molecule has 0 radical (unpaired) electrons. The number of benzene rings is 1. The lowest BCUT2D eigenvalue weighted by Crippen LogP contribution is -2.49. The zero-order valence-corrected chi connectivity index (χ0v) is 14.1. The van der Waals surface area contributed by atoms with Crippen LogP contribution in [0.1, 0.15) is 32.1 Å². The van der Waals surface area contributed by atoms with Crippen molar-refractivity contribution < 1.29 is 4.74 Å². The highest BCUT2D eigenvalue weighted by molar-refractivity contribution is 9.09. The van der Waals surface area contributed by atoms with Crippen LogP contribution in [0.4, 0.5) is 11.4 Å². The number of ether oxygens (including phenoxy) is 1. The third-order valence-electron chi connectivity index (χ3n) is 4.61. The van der Waals surface area contributed by atoms with E-state index < -0.39 is 0 Å². The van der Waals surface area contributed by atoms with Crippen LogP contribution in [0.5, 0.6) is 0 Å². The first-order chi connectivity index (χ1) is 10.3. The van der Waals surface area contributed by atoms with Crippen molar-refractivity contribution in [2.45, 2.75) is 38.1 Å². The second-order valence-corrected chi connectivity index (χ2v) is 7.10. The summed E-state index contributed by atoms with van der Waals surface area (Å²) in [6.45, 7) is 2.67. The van der Waals surface area contributed by atoms with Crippen LogP contribution < -0.4 is 10.6 Å². The minimum absolute atomic E-state index is 0.271. The highest BCUT2D eigenvalue weighted by Crippen LogP contribution is 2.30. The van der Waals surface area contributed by atoms with E-state index >= 15 is 0 Å². The lowest BCUT2D eigenvalue weighted by molar-refractivity contribution is -0.0885. The molecule has 1 aromatic rings. The minimum atomic E-state index is 0.271. The van der Waals surface area contributed by atoms with Gasteiger partial charge in [-0.15, -0.1) is 0 Å². The van der Waals surface area contributed by atoms with Crippen LogP contribution in [0, 0.1) is 5.41 Å². The number of hydrogen-bond donors (Lipinski definition) is 2. The van der Waals surface area contributed by atoms with Crippen LogP contribution in [-0.2, 0) is 4.74 Å². The fourth-order valence-electron chi connectivity index (χ4n) is 3.11. The first-order valence-corrected chi connectivity index (χ1v) is 9.16. The third-order valence-corrected chi connectivity index (χ3v) is 5.80. The molecular formula is C17H25BrN2O. The lowest BCUT2D eigenvalue weighted by atomic mass is 9.88. The Kier molecular flexibility index (Phi) is 5.07. The SMILES string of the molecule is BrCC1(CNc2cccc(NC3CCCCC3)c2)COC1. The summed E-state index contributed by atoms with van der Waals surface area (Å²) in [4.78, 5) is 0. The van der Waals surface area contributed by atoms with Gasteiger partial charge in [-0.2, -0.15) is 0 Å². The predicted octanol–water partition coefficient (Wildman–Crippen LogP) is 4.25. The molecule has 4 heteroatoms. The molecule has 0 unspecified atom stereocenters. The minimum Gasteiger partial charge on any atom is -0.384 e. The van der Waals surface area contributed by atoms with Gasteiger partial charge in [-0.25, -0.2) is 0 Å². The van der Waals surface area contributed by atoms with Crippen LogP contribution in [0.2, 0.25) is 0 Å². The Morgan fingerprint density at radius 1 is 1.14 bits per heavy atom. The number of hydrogen-bond acceptors (Lipinski definition) is 3. The van der Waals surface area contributed by atoms with Gasteiger partial charge in [-0.1, -0.05) is 41.3 Å². The molecule has 0 atom stereocenters. The van der Waals surface area contributed by atoms with Crippen molar-refractivity contribution >= 4 is 27.3 Å². The molecule has 3 nitrogen and oxygen atoms in total. The average Bonchev–Trinajstić information content (AvgIpc) is 2.48. The summed E-state index contributed by atoms with van der Waals surface area (Å²) in [7, 11) is 0. The summed E-state index contributed by atoms with van der Waals surface area (Å²) in [5, 5.41) is 8.25. The van der Waals surface area contributed by atoms with Gasteiger partial charge in [0.2, 0.25) is 0 Å². The van der Waals surface area contributed by atoms with Crippen molar-refractivity contribution in [2.24, 2.45) is 5.41 Å². The largest absolute Gasteiger partial charge is 0.384 e. The number of anilines is 2. The number of halogens is 1. The summed E-state index contributed by atoms with van der Waals surface area (Å²) in [6.07, 6.45) is 6.74. The van der Waals surface area contributed by atoms with Crippen molar-refractivity contribution in [1.29, 1.82) is 0 Å². The van der Waals surface area contributed by atoms with Gasteiger partial charge in [-0.05, 0) is 31.0 Å². The molecule has 1 aliphatic heterocycles. The highest BCUT2D eigenvalue weighted by Gasteiger charge is 2.37. The van der Waals surface area contributed by atoms with Gasteiger partial charge in [-0.3, -0.25) is 0 Å². The van der Waals surface area contributed by atoms with Gasteiger partial charge >= 0.3 is 0 Å². The van der Waals surface area contributed by atoms with Crippen LogP contribution in [0.25, 0.3) is 0 Å². The Morgan fingerprint density at radius 2 is 1.90 bits per heavy atom. The van der Waals surface area contributed by atoms with E-state index in [-0.39, 0.29) is 5.41 Å². The molecule has 0 spiro atoms. The summed E-state index contributed by atoms with van der Waals surface area (Å²) in [5.41, 5.74) is 2.71. The molecule has 0 bridgehead atoms. The molecular weight excluding hydrogens is 328 g/mol. The fraction of sp³-hybridized carbons (Fsp3) is 0.647. The van der Waals surface area contributed by atoms with E-state index in [0.29, 0.717) is 6.04 Å². The van der Waals surface area contributed by atoms with Crippen LogP contribution in [0.15, 0.2) is 24.3 Å². The Balaban J connectivity index is 1.55. The van der Waals surface area contributed by atoms with E-state index in [9.17, 15) is 0 Å². The van der Waals surface area contributed by atoms with E-state index in [1.165, 1.54) is 43.5 Å². The van der Waals surface area contributed by atoms with Crippen molar-refractivity contribution in [1.82, 2.24) is 0 Å². The van der Waals surface area contributed by atoms with Gasteiger partial charge in [0.1, 0.15) is 0 Å². The molecule has 0 aromatic heterocycles. The number of alkyl halides is 1. The smallest absolute Gasteiger partial charge is 0.0569 e. The summed E-state index contributed by atoms with van der Waals surface area (Å²) < 4.78 is 5.36. The Morgan fingerprint density at radius 3 is 2.57 bits per heavy atom. The van der Waals surface area contributed by atoms with E-state index in [2.05, 4.69) is 50.8 Å². The Bertz CT molecular complexity index is 450. The molecule has 2 aliphatic rings. The molecule has 3 rings (SSSR count). The standard InChI is InChI=1S/C17H25BrN2O/c18-10-17(12-21-13-17)11-19-15-7-4-8-16(9-15)20-14-5-2-1-3-6-14/h4,7-9,14,19-20H,1-3,5-6,10-13H2. The lowest BCUT2D eigenvalue weighted by Gasteiger charge is -2.40. The maximum Gasteiger partial charge on any atom is 0.0569 e. The van der Waals surface area contributed by atoms with Crippen molar-refractivity contribution in [3.05, 3.63) is 24.3 Å². The Labute approximate surface area is 136 Å². The van der Waals surface area contributed by atoms with Gasteiger partial charge in [0, 0.05) is 34.7 Å². The normalized spacial score (nSPS) is 21.6. The van der Waals surface area contributed by atoms with Crippen molar-refractivity contribution in [2.75, 3.05) is 35.7 Å². The topological polar surface area (TPSA) is 33.3 Å². The molecule has 2 N–H and O–H groups in total. The summed E-state index contributed by atoms with van der Waals surface area (Å²) in [5.74, 6) is 0. The van der Waals surface area contributed by atoms with E-state index in [4.69, 9.17) is 4.74 Å². The molecule has 116 valence electrons. The van der Waals surface area contributed by atoms with Gasteiger partial charge in [0.05, 0.1) is 13.2 Å². The van der Waals surface area contributed by atoms with Crippen molar-refractivity contribution in [3.63, 3.8) is 0 Å². The Hall–Kier alpha value is -0.740. The summed E-state index contributed by atoms with van der Waals surface area (Å²) >= 11 is 3.60. The van der Waals surface area contributed by atoms with Gasteiger partial charge < -0.3 is 15.4 Å². The monoisotopic (exact) mass is 352 g/mol. The molecule has 1 heterocycles. The van der Waals surface area contributed by atoms with Crippen LogP contribution >= 0.6 is 15.9 Å². The predicted molar refractivity (Wildman–Crippen MR) is 92.5 cm³/mol. The average molecular weight is 353 g/mol. The molecule has 21 heavy (non-hydrogen) atoms. The van der Waals surface area contributed by atoms with Crippen molar-refractivity contribution in [3.8, 4) is 0 Å². The molecule has 1 saturated heterocycles. The second kappa shape index (κ2) is 7.01. The summed E-state index contributed by atoms with van der Waals surface area (Å²) in [6, 6.07) is 9.34. The molecule has 1 aliphatic carbocycles. The van der Waals surface area contributed by atoms with E-state index in [0.717, 1.165) is 25.1 Å². The maximum atomic E-state index is 5.36. The number of rotatable bonds is 6. The first-order valence-electron chi connectivity index (χ1n) is 8.04. The number of nitrogens with one attached hydrogen (secondary N) is 2. The van der Waals surface area contributed by atoms with Crippen LogP contribution in [-0.4, -0.2) is 31.1 Å². The molecule has 0 amide bonds. The van der Waals surface area contributed by atoms with Gasteiger partial charge in [0.15, 0.2) is 0 Å². The quantitative estimate of drug-likeness (QED) is 0.750. The van der Waals surface area contributed by atoms with Crippen LogP contribution in [0.3, 0.4) is 0 Å². The molecule has 2 fully saturated rings. The van der Waals surface area contributed by atoms with Gasteiger partial charge in [0.25, 0.3) is 0 Å². The van der Waals surface area contributed by atoms with E-state index in [1.54, 1.807) is 0 Å². The zero-order valence-electron chi connectivity index (χ0n) is 12.5. The molecule has 1 saturated carbocycles. The zero-order chi connectivity index (χ0) is 14.5.